The van der Waals surface area contributed by atoms with Gasteiger partial charge < -0.3 is 0 Å². The van der Waals surface area contributed by atoms with Crippen LogP contribution in [-0.2, 0) is 10.0 Å². The molecule has 0 spiro atoms. The number of benzene rings is 2. The summed E-state index contributed by atoms with van der Waals surface area (Å²) in [5, 5.41) is 12.0. The number of hydrogen-bond donors (Lipinski definition) is 0. The Hall–Kier alpha value is -3.30. The van der Waals surface area contributed by atoms with Crippen molar-refractivity contribution >= 4 is 38.2 Å². The standard InChI is InChI=1S/C19H13ClN4O4S/c1-12-5-7-13(8-6-12)29(27,28)23-11-15(16-9-10-21-19(20)22-16)14-3-2-4-17(18(14)23)24(25)26/h2-11H,1H3. The molecule has 0 saturated heterocycles. The fraction of sp³-hybridized carbons (Fsp3) is 0.0526. The third-order valence-electron chi connectivity index (χ3n) is 4.45. The molecule has 10 heteroatoms. The van der Waals surface area contributed by atoms with Gasteiger partial charge in [0.1, 0.15) is 5.52 Å². The third-order valence-corrected chi connectivity index (χ3v) is 6.30. The Labute approximate surface area is 170 Å². The highest BCUT2D eigenvalue weighted by Crippen LogP contribution is 2.37. The number of fused-ring (bicyclic) bond motifs is 1. The summed E-state index contributed by atoms with van der Waals surface area (Å²) in [6, 6.07) is 12.2. The van der Waals surface area contributed by atoms with Gasteiger partial charge in [0.25, 0.3) is 15.7 Å². The van der Waals surface area contributed by atoms with Crippen molar-refractivity contribution in [3.8, 4) is 11.3 Å². The first-order valence-corrected chi connectivity index (χ1v) is 10.2. The average molecular weight is 429 g/mol. The first-order chi connectivity index (χ1) is 13.8. The molecule has 0 atom stereocenters. The summed E-state index contributed by atoms with van der Waals surface area (Å²) >= 11 is 5.88. The van der Waals surface area contributed by atoms with E-state index in [9.17, 15) is 18.5 Å². The van der Waals surface area contributed by atoms with Gasteiger partial charge in [-0.15, -0.1) is 0 Å². The average Bonchev–Trinajstić information content (AvgIpc) is 3.09. The molecule has 0 fully saturated rings. The lowest BCUT2D eigenvalue weighted by Crippen LogP contribution is -2.12. The van der Waals surface area contributed by atoms with E-state index in [1.54, 1.807) is 24.3 Å². The number of non-ortho nitro benzene ring substituents is 1. The first-order valence-electron chi connectivity index (χ1n) is 8.38. The zero-order chi connectivity index (χ0) is 20.8. The van der Waals surface area contributed by atoms with Crippen LogP contribution in [-0.4, -0.2) is 27.3 Å². The molecule has 0 unspecified atom stereocenters. The largest absolute Gasteiger partial charge is 0.294 e. The molecule has 8 nitrogen and oxygen atoms in total. The molecule has 0 aliphatic carbocycles. The SMILES string of the molecule is Cc1ccc(S(=O)(=O)n2cc(-c3ccnc(Cl)n3)c3cccc([N+](=O)[O-])c32)cc1. The summed E-state index contributed by atoms with van der Waals surface area (Å²) in [6.07, 6.45) is 2.76. The van der Waals surface area contributed by atoms with Crippen LogP contribution in [0.1, 0.15) is 5.56 Å². The molecule has 0 aliphatic rings. The molecule has 0 saturated carbocycles. The predicted molar refractivity (Wildman–Crippen MR) is 108 cm³/mol. The van der Waals surface area contributed by atoms with Gasteiger partial charge in [0.2, 0.25) is 5.28 Å². The number of nitro groups is 1. The van der Waals surface area contributed by atoms with E-state index < -0.39 is 14.9 Å². The Kier molecular flexibility index (Phi) is 4.56. The molecule has 2 aromatic carbocycles. The Morgan fingerprint density at radius 1 is 1.10 bits per heavy atom. The van der Waals surface area contributed by atoms with Crippen molar-refractivity contribution < 1.29 is 13.3 Å². The van der Waals surface area contributed by atoms with Crippen LogP contribution in [0.4, 0.5) is 5.69 Å². The summed E-state index contributed by atoms with van der Waals surface area (Å²) < 4.78 is 27.6. The van der Waals surface area contributed by atoms with Crippen LogP contribution in [0.5, 0.6) is 0 Å². The maximum Gasteiger partial charge on any atom is 0.294 e. The highest BCUT2D eigenvalue weighted by atomic mass is 35.5. The maximum atomic E-state index is 13.3. The minimum atomic E-state index is -4.10. The van der Waals surface area contributed by atoms with Gasteiger partial charge in [0.05, 0.1) is 15.5 Å². The minimum Gasteiger partial charge on any atom is -0.258 e. The zero-order valence-corrected chi connectivity index (χ0v) is 16.6. The molecule has 0 bridgehead atoms. The van der Waals surface area contributed by atoms with Crippen LogP contribution < -0.4 is 0 Å². The van der Waals surface area contributed by atoms with Crippen LogP contribution in [0.3, 0.4) is 0 Å². The summed E-state index contributed by atoms with van der Waals surface area (Å²) in [5.41, 5.74) is 1.27. The van der Waals surface area contributed by atoms with Crippen LogP contribution >= 0.6 is 11.6 Å². The van der Waals surface area contributed by atoms with Crippen molar-refractivity contribution in [2.24, 2.45) is 0 Å². The van der Waals surface area contributed by atoms with Gasteiger partial charge in [-0.25, -0.2) is 22.4 Å². The molecule has 2 aromatic heterocycles. The fourth-order valence-electron chi connectivity index (χ4n) is 3.08. The molecule has 0 aliphatic heterocycles. The van der Waals surface area contributed by atoms with Gasteiger partial charge >= 0.3 is 0 Å². The number of halogens is 1. The van der Waals surface area contributed by atoms with Crippen molar-refractivity contribution in [1.82, 2.24) is 13.9 Å². The fourth-order valence-corrected chi connectivity index (χ4v) is 4.61. The van der Waals surface area contributed by atoms with E-state index in [0.29, 0.717) is 16.6 Å². The molecule has 29 heavy (non-hydrogen) atoms. The van der Waals surface area contributed by atoms with Crippen molar-refractivity contribution in [3.05, 3.63) is 81.9 Å². The van der Waals surface area contributed by atoms with E-state index in [1.165, 1.54) is 36.7 Å². The van der Waals surface area contributed by atoms with E-state index in [4.69, 9.17) is 11.6 Å². The van der Waals surface area contributed by atoms with Gasteiger partial charge in [0.15, 0.2) is 0 Å². The molecule has 0 N–H and O–H groups in total. The van der Waals surface area contributed by atoms with Crippen molar-refractivity contribution in [3.63, 3.8) is 0 Å². The van der Waals surface area contributed by atoms with Gasteiger partial charge in [-0.3, -0.25) is 10.1 Å². The summed E-state index contributed by atoms with van der Waals surface area (Å²) in [4.78, 5) is 19.0. The lowest BCUT2D eigenvalue weighted by atomic mass is 10.1. The molecule has 0 radical (unpaired) electrons. The van der Waals surface area contributed by atoms with E-state index in [1.807, 2.05) is 6.92 Å². The first kappa shape index (κ1) is 19.0. The summed E-state index contributed by atoms with van der Waals surface area (Å²) in [6.45, 7) is 1.84. The Morgan fingerprint density at radius 3 is 2.48 bits per heavy atom. The number of para-hydroxylation sites is 1. The van der Waals surface area contributed by atoms with Gasteiger partial charge in [-0.2, -0.15) is 0 Å². The highest BCUT2D eigenvalue weighted by Gasteiger charge is 2.27. The molecule has 4 aromatic rings. The molecular weight excluding hydrogens is 416 g/mol. The number of hydrogen-bond acceptors (Lipinski definition) is 6. The Balaban J connectivity index is 2.08. The van der Waals surface area contributed by atoms with E-state index in [0.717, 1.165) is 9.54 Å². The van der Waals surface area contributed by atoms with Crippen LogP contribution in [0.2, 0.25) is 5.28 Å². The number of aryl methyl sites for hydroxylation is 1. The lowest BCUT2D eigenvalue weighted by molar-refractivity contribution is -0.383. The molecule has 146 valence electrons. The number of rotatable bonds is 4. The van der Waals surface area contributed by atoms with Crippen LogP contribution in [0, 0.1) is 17.0 Å². The second-order valence-corrected chi connectivity index (χ2v) is 8.45. The lowest BCUT2D eigenvalue weighted by Gasteiger charge is -2.08. The third kappa shape index (κ3) is 3.24. The van der Waals surface area contributed by atoms with Crippen molar-refractivity contribution in [2.45, 2.75) is 11.8 Å². The smallest absolute Gasteiger partial charge is 0.258 e. The summed E-state index contributed by atoms with van der Waals surface area (Å²) in [5.74, 6) is 0. The second kappa shape index (κ2) is 6.94. The molecule has 4 rings (SSSR count). The Bertz CT molecular complexity index is 1360. The second-order valence-electron chi connectivity index (χ2n) is 6.30. The topological polar surface area (TPSA) is 108 Å². The number of nitro benzene ring substituents is 1. The number of nitrogens with zero attached hydrogens (tertiary/aromatic N) is 4. The van der Waals surface area contributed by atoms with Crippen LogP contribution in [0.25, 0.3) is 22.2 Å². The van der Waals surface area contributed by atoms with E-state index in [2.05, 4.69) is 9.97 Å². The number of aromatic nitrogens is 3. The van der Waals surface area contributed by atoms with Gasteiger partial charge in [0, 0.05) is 29.4 Å². The quantitative estimate of drug-likeness (QED) is 0.274. The molecule has 0 amide bonds. The Morgan fingerprint density at radius 2 is 1.83 bits per heavy atom. The maximum absolute atomic E-state index is 13.3. The minimum absolute atomic E-state index is 0.0183. The summed E-state index contributed by atoms with van der Waals surface area (Å²) in [7, 11) is -4.10. The van der Waals surface area contributed by atoms with Crippen molar-refractivity contribution in [1.29, 1.82) is 0 Å². The highest BCUT2D eigenvalue weighted by molar-refractivity contribution is 7.90. The normalized spacial score (nSPS) is 11.7. The molecule has 2 heterocycles. The zero-order valence-electron chi connectivity index (χ0n) is 15.0. The van der Waals surface area contributed by atoms with Crippen molar-refractivity contribution in [2.75, 3.05) is 0 Å². The predicted octanol–water partition coefficient (Wildman–Crippen LogP) is 4.21. The van der Waals surface area contributed by atoms with Crippen LogP contribution in [0.15, 0.2) is 65.8 Å². The van der Waals surface area contributed by atoms with E-state index in [-0.39, 0.29) is 21.4 Å². The van der Waals surface area contributed by atoms with E-state index >= 15 is 0 Å². The van der Waals surface area contributed by atoms with Gasteiger partial charge in [-0.05, 0) is 36.7 Å². The van der Waals surface area contributed by atoms with Gasteiger partial charge in [-0.1, -0.05) is 29.8 Å². The monoisotopic (exact) mass is 428 g/mol. The molecular formula is C19H13ClN4O4S.